The van der Waals surface area contributed by atoms with Crippen LogP contribution in [-0.2, 0) is 20.7 Å². The van der Waals surface area contributed by atoms with Gasteiger partial charge >= 0.3 is 5.97 Å². The first kappa shape index (κ1) is 14.0. The highest BCUT2D eigenvalue weighted by Crippen LogP contribution is 2.33. The van der Waals surface area contributed by atoms with Crippen LogP contribution in [0.5, 0.6) is 0 Å². The van der Waals surface area contributed by atoms with Gasteiger partial charge in [-0.3, -0.25) is 9.69 Å². The van der Waals surface area contributed by atoms with Gasteiger partial charge < -0.3 is 15.2 Å². The van der Waals surface area contributed by atoms with Gasteiger partial charge in [-0.25, -0.2) is 4.79 Å². The van der Waals surface area contributed by atoms with Gasteiger partial charge in [0.1, 0.15) is 6.04 Å². The summed E-state index contributed by atoms with van der Waals surface area (Å²) in [5.74, 6) is -1.16. The minimum atomic E-state index is -0.970. The Hall–Kier alpha value is -1.92. The largest absolute Gasteiger partial charge is 0.480 e. The smallest absolute Gasteiger partial charge is 0.327 e. The number of fused-ring (bicyclic) bond motifs is 1. The second-order valence-corrected chi connectivity index (χ2v) is 5.35. The van der Waals surface area contributed by atoms with Gasteiger partial charge in [-0.05, 0) is 11.6 Å². The number of aliphatic carboxylic acids is 1. The van der Waals surface area contributed by atoms with Crippen molar-refractivity contribution in [2.45, 2.75) is 25.0 Å². The molecule has 21 heavy (non-hydrogen) atoms. The number of hydrogen-bond donors (Lipinski definition) is 2. The summed E-state index contributed by atoms with van der Waals surface area (Å²) >= 11 is 0. The minimum Gasteiger partial charge on any atom is -0.480 e. The summed E-state index contributed by atoms with van der Waals surface area (Å²) in [6.45, 7) is 1.99. The lowest BCUT2D eigenvalue weighted by atomic mass is 10.1. The lowest BCUT2D eigenvalue weighted by molar-refractivity contribution is -0.140. The Balaban J connectivity index is 1.80. The summed E-state index contributed by atoms with van der Waals surface area (Å²) in [6.07, 6.45) is 0.375. The molecule has 0 bridgehead atoms. The first-order valence-corrected chi connectivity index (χ1v) is 7.12. The molecule has 1 fully saturated rings. The molecule has 2 aliphatic heterocycles. The molecule has 112 valence electrons. The molecule has 2 heterocycles. The molecule has 0 spiro atoms. The third-order valence-electron chi connectivity index (χ3n) is 3.94. The Bertz CT molecular complexity index is 554. The van der Waals surface area contributed by atoms with Crippen LogP contribution in [-0.4, -0.2) is 48.8 Å². The Morgan fingerprint density at radius 3 is 2.90 bits per heavy atom. The molecule has 1 saturated heterocycles. The Labute approximate surface area is 122 Å². The summed E-state index contributed by atoms with van der Waals surface area (Å²) < 4.78 is 5.53. The maximum absolute atomic E-state index is 12.5. The summed E-state index contributed by atoms with van der Waals surface area (Å²) in [5.41, 5.74) is 1.61. The van der Waals surface area contributed by atoms with E-state index in [9.17, 15) is 14.7 Å². The summed E-state index contributed by atoms with van der Waals surface area (Å²) in [4.78, 5) is 25.4. The molecular weight excluding hydrogens is 272 g/mol. The third kappa shape index (κ3) is 2.77. The minimum absolute atomic E-state index is 0.187. The zero-order valence-electron chi connectivity index (χ0n) is 11.6. The molecule has 2 unspecified atom stereocenters. The highest BCUT2D eigenvalue weighted by molar-refractivity contribution is 6.02. The van der Waals surface area contributed by atoms with Crippen molar-refractivity contribution < 1.29 is 19.4 Å². The number of carbonyl (C=O) groups excluding carboxylic acids is 1. The van der Waals surface area contributed by atoms with Crippen molar-refractivity contribution >= 4 is 17.6 Å². The highest BCUT2D eigenvalue weighted by atomic mass is 16.5. The molecule has 0 aliphatic carbocycles. The van der Waals surface area contributed by atoms with E-state index in [2.05, 4.69) is 5.32 Å². The van der Waals surface area contributed by atoms with Crippen LogP contribution in [0.2, 0.25) is 0 Å². The van der Waals surface area contributed by atoms with Crippen LogP contribution >= 0.6 is 0 Å². The Morgan fingerprint density at radius 2 is 2.19 bits per heavy atom. The average Bonchev–Trinajstić information content (AvgIpc) is 2.88. The van der Waals surface area contributed by atoms with Crippen molar-refractivity contribution in [3.63, 3.8) is 0 Å². The molecule has 6 heteroatoms. The van der Waals surface area contributed by atoms with Gasteiger partial charge in [-0.1, -0.05) is 18.2 Å². The number of hydrogen-bond acceptors (Lipinski definition) is 4. The fraction of sp³-hybridized carbons (Fsp3) is 0.467. The van der Waals surface area contributed by atoms with Gasteiger partial charge in [0.05, 0.1) is 19.1 Å². The van der Waals surface area contributed by atoms with Crippen LogP contribution in [0.4, 0.5) is 5.69 Å². The Morgan fingerprint density at radius 1 is 1.38 bits per heavy atom. The first-order chi connectivity index (χ1) is 10.2. The molecule has 2 aliphatic rings. The van der Waals surface area contributed by atoms with E-state index in [0.29, 0.717) is 25.3 Å². The standard InChI is InChI=1S/C15H18N2O4/c18-14(8-11-9-16-5-6-21-11)17-12-4-2-1-3-10(12)7-13(17)15(19)20/h1-4,11,13,16H,5-9H2,(H,19,20). The SMILES string of the molecule is O=C(O)C1Cc2ccccc2N1C(=O)CC1CNCCO1. The van der Waals surface area contributed by atoms with Crippen LogP contribution < -0.4 is 10.2 Å². The van der Waals surface area contributed by atoms with Gasteiger partial charge in [0.2, 0.25) is 5.91 Å². The van der Waals surface area contributed by atoms with E-state index in [1.807, 2.05) is 18.2 Å². The van der Waals surface area contributed by atoms with Crippen LogP contribution in [0.1, 0.15) is 12.0 Å². The fourth-order valence-electron chi connectivity index (χ4n) is 2.94. The number of carboxylic acids is 1. The highest BCUT2D eigenvalue weighted by Gasteiger charge is 2.38. The van der Waals surface area contributed by atoms with Crippen LogP contribution in [0, 0.1) is 0 Å². The molecule has 1 aromatic rings. The quantitative estimate of drug-likeness (QED) is 0.843. The van der Waals surface area contributed by atoms with E-state index in [4.69, 9.17) is 4.74 Å². The number of morpholine rings is 1. The molecule has 1 aromatic carbocycles. The van der Waals surface area contributed by atoms with Gasteiger partial charge in [0.25, 0.3) is 0 Å². The normalized spacial score (nSPS) is 24.7. The number of amides is 1. The first-order valence-electron chi connectivity index (χ1n) is 7.12. The second-order valence-electron chi connectivity index (χ2n) is 5.35. The topological polar surface area (TPSA) is 78.9 Å². The van der Waals surface area contributed by atoms with Crippen molar-refractivity contribution in [3.8, 4) is 0 Å². The van der Waals surface area contributed by atoms with Crippen LogP contribution in [0.3, 0.4) is 0 Å². The second kappa shape index (κ2) is 5.83. The number of carbonyl (C=O) groups is 2. The summed E-state index contributed by atoms with van der Waals surface area (Å²) in [6, 6.07) is 6.54. The van der Waals surface area contributed by atoms with Crippen molar-refractivity contribution in [1.29, 1.82) is 0 Å². The number of para-hydroxylation sites is 1. The Kier molecular flexibility index (Phi) is 3.90. The zero-order chi connectivity index (χ0) is 14.8. The van der Waals surface area contributed by atoms with Crippen LogP contribution in [0.25, 0.3) is 0 Å². The zero-order valence-corrected chi connectivity index (χ0v) is 11.6. The van der Waals surface area contributed by atoms with Crippen molar-refractivity contribution in [3.05, 3.63) is 29.8 Å². The van der Waals surface area contributed by atoms with Crippen molar-refractivity contribution in [1.82, 2.24) is 5.32 Å². The molecule has 3 rings (SSSR count). The molecule has 0 radical (unpaired) electrons. The van der Waals surface area contributed by atoms with Crippen LogP contribution in [0.15, 0.2) is 24.3 Å². The molecule has 0 saturated carbocycles. The van der Waals surface area contributed by atoms with Gasteiger partial charge in [0.15, 0.2) is 0 Å². The van der Waals surface area contributed by atoms with Crippen molar-refractivity contribution in [2.75, 3.05) is 24.6 Å². The van der Waals surface area contributed by atoms with E-state index in [1.54, 1.807) is 6.07 Å². The maximum Gasteiger partial charge on any atom is 0.327 e. The number of rotatable bonds is 3. The van der Waals surface area contributed by atoms with E-state index in [0.717, 1.165) is 12.1 Å². The predicted octanol–water partition coefficient (Wildman–Crippen LogP) is 0.407. The molecule has 6 nitrogen and oxygen atoms in total. The molecule has 0 aromatic heterocycles. The van der Waals surface area contributed by atoms with Gasteiger partial charge in [-0.2, -0.15) is 0 Å². The number of nitrogens with one attached hydrogen (secondary N) is 1. The number of benzene rings is 1. The molecule has 1 amide bonds. The van der Waals surface area contributed by atoms with E-state index in [1.165, 1.54) is 4.90 Å². The van der Waals surface area contributed by atoms with E-state index in [-0.39, 0.29) is 18.4 Å². The lowest BCUT2D eigenvalue weighted by Crippen LogP contribution is -2.46. The monoisotopic (exact) mass is 290 g/mol. The molecule has 2 N–H and O–H groups in total. The number of ether oxygens (including phenoxy) is 1. The number of carboxylic acid groups (broad SMARTS) is 1. The van der Waals surface area contributed by atoms with E-state index >= 15 is 0 Å². The summed E-state index contributed by atoms with van der Waals surface area (Å²) in [7, 11) is 0. The fourth-order valence-corrected chi connectivity index (χ4v) is 2.94. The molecule has 2 atom stereocenters. The average molecular weight is 290 g/mol. The van der Waals surface area contributed by atoms with Gasteiger partial charge in [0, 0.05) is 25.2 Å². The maximum atomic E-state index is 12.5. The van der Waals surface area contributed by atoms with Crippen molar-refractivity contribution in [2.24, 2.45) is 0 Å². The molecular formula is C15H18N2O4. The third-order valence-corrected chi connectivity index (χ3v) is 3.94. The summed E-state index contributed by atoms with van der Waals surface area (Å²) in [5, 5.41) is 12.5. The van der Waals surface area contributed by atoms with E-state index < -0.39 is 12.0 Å². The number of nitrogens with zero attached hydrogens (tertiary/aromatic N) is 1. The lowest BCUT2D eigenvalue weighted by Gasteiger charge is -2.27. The van der Waals surface area contributed by atoms with Gasteiger partial charge in [-0.15, -0.1) is 0 Å². The predicted molar refractivity (Wildman–Crippen MR) is 76.3 cm³/mol. The number of anilines is 1.